The van der Waals surface area contributed by atoms with Crippen LogP contribution in [0, 0.1) is 6.92 Å². The molecule has 1 atom stereocenters. The van der Waals surface area contributed by atoms with Crippen molar-refractivity contribution in [2.75, 3.05) is 24.0 Å². The minimum atomic E-state index is -4.21. The molecule has 1 N–H and O–H groups in total. The number of nitrogens with one attached hydrogen (secondary N) is 1. The fourth-order valence-electron chi connectivity index (χ4n) is 5.11. The lowest BCUT2D eigenvalue weighted by Crippen LogP contribution is -2.53. The molecular formula is C37H42ClN3O5S. The molecule has 0 fully saturated rings. The van der Waals surface area contributed by atoms with Crippen molar-refractivity contribution in [1.82, 2.24) is 10.2 Å². The summed E-state index contributed by atoms with van der Waals surface area (Å²) in [5.41, 5.74) is 2.68. The minimum absolute atomic E-state index is 0.00109. The van der Waals surface area contributed by atoms with Gasteiger partial charge < -0.3 is 15.0 Å². The summed E-state index contributed by atoms with van der Waals surface area (Å²) in [4.78, 5) is 29.9. The number of unbranched alkanes of at least 4 members (excludes halogenated alkanes) is 1. The van der Waals surface area contributed by atoms with Gasteiger partial charge in [-0.3, -0.25) is 13.9 Å². The van der Waals surface area contributed by atoms with Gasteiger partial charge in [0, 0.05) is 24.5 Å². The molecule has 0 aliphatic heterocycles. The monoisotopic (exact) mass is 675 g/mol. The highest BCUT2D eigenvalue weighted by molar-refractivity contribution is 7.92. The van der Waals surface area contributed by atoms with E-state index >= 15 is 0 Å². The number of amides is 2. The van der Waals surface area contributed by atoms with Crippen molar-refractivity contribution in [1.29, 1.82) is 0 Å². The maximum Gasteiger partial charge on any atom is 0.264 e. The van der Waals surface area contributed by atoms with Gasteiger partial charge in [0.15, 0.2) is 0 Å². The van der Waals surface area contributed by atoms with Gasteiger partial charge >= 0.3 is 0 Å². The molecule has 2 amide bonds. The van der Waals surface area contributed by atoms with Crippen molar-refractivity contribution in [2.24, 2.45) is 0 Å². The number of carbonyl (C=O) groups excluding carboxylic acids is 2. The van der Waals surface area contributed by atoms with Crippen LogP contribution in [0.15, 0.2) is 108 Å². The van der Waals surface area contributed by atoms with Crippen LogP contribution in [0.3, 0.4) is 0 Å². The molecule has 0 saturated heterocycles. The summed E-state index contributed by atoms with van der Waals surface area (Å²) in [6.07, 6.45) is 1.89. The van der Waals surface area contributed by atoms with Gasteiger partial charge in [0.25, 0.3) is 10.0 Å². The van der Waals surface area contributed by atoms with Crippen molar-refractivity contribution < 1.29 is 22.7 Å². The first-order valence-electron chi connectivity index (χ1n) is 15.8. The second kappa shape index (κ2) is 17.0. The minimum Gasteiger partial charge on any atom is -0.494 e. The lowest BCUT2D eigenvalue weighted by atomic mass is 10.0. The Morgan fingerprint density at radius 1 is 0.872 bits per heavy atom. The van der Waals surface area contributed by atoms with Gasteiger partial charge in [-0.15, -0.1) is 0 Å². The number of hydrogen-bond acceptors (Lipinski definition) is 5. The summed E-state index contributed by atoms with van der Waals surface area (Å²) in [6.45, 7) is 6.11. The van der Waals surface area contributed by atoms with E-state index in [1.807, 2.05) is 57.2 Å². The zero-order chi connectivity index (χ0) is 33.8. The summed E-state index contributed by atoms with van der Waals surface area (Å²) in [5.74, 6) is -0.305. The van der Waals surface area contributed by atoms with E-state index in [0.29, 0.717) is 29.5 Å². The Labute approximate surface area is 283 Å². The smallest absolute Gasteiger partial charge is 0.264 e. The van der Waals surface area contributed by atoms with E-state index in [-0.39, 0.29) is 29.5 Å². The van der Waals surface area contributed by atoms with E-state index in [1.54, 1.807) is 54.6 Å². The van der Waals surface area contributed by atoms with Gasteiger partial charge in [-0.25, -0.2) is 8.42 Å². The van der Waals surface area contributed by atoms with Gasteiger partial charge in [0.2, 0.25) is 11.8 Å². The lowest BCUT2D eigenvalue weighted by Gasteiger charge is -2.34. The Bertz CT molecular complexity index is 1720. The fraction of sp³-hybridized carbons (Fsp3) is 0.297. The van der Waals surface area contributed by atoms with Crippen molar-refractivity contribution in [3.8, 4) is 5.75 Å². The number of anilines is 1. The molecule has 0 aliphatic rings. The number of sulfonamides is 1. The largest absolute Gasteiger partial charge is 0.494 e. The Morgan fingerprint density at radius 3 is 2.17 bits per heavy atom. The van der Waals surface area contributed by atoms with Gasteiger partial charge in [-0.1, -0.05) is 91.2 Å². The molecule has 4 rings (SSSR count). The van der Waals surface area contributed by atoms with E-state index < -0.39 is 28.5 Å². The molecule has 0 radical (unpaired) electrons. The Hall–Kier alpha value is -4.34. The summed E-state index contributed by atoms with van der Waals surface area (Å²) in [6, 6.07) is 28.7. The van der Waals surface area contributed by atoms with Crippen LogP contribution in [0.4, 0.5) is 5.69 Å². The number of ether oxygens (including phenoxy) is 1. The summed E-state index contributed by atoms with van der Waals surface area (Å²) in [7, 11) is -4.21. The van der Waals surface area contributed by atoms with E-state index in [2.05, 4.69) is 5.32 Å². The van der Waals surface area contributed by atoms with Gasteiger partial charge in [-0.2, -0.15) is 0 Å². The Morgan fingerprint density at radius 2 is 1.53 bits per heavy atom. The molecule has 0 aromatic heterocycles. The normalized spacial score (nSPS) is 11.8. The van der Waals surface area contributed by atoms with Gasteiger partial charge in [-0.05, 0) is 73.9 Å². The number of hydrogen-bond donors (Lipinski definition) is 1. The predicted molar refractivity (Wildman–Crippen MR) is 187 cm³/mol. The second-order valence-electron chi connectivity index (χ2n) is 11.2. The molecule has 47 heavy (non-hydrogen) atoms. The molecule has 10 heteroatoms. The first kappa shape index (κ1) is 35.5. The first-order chi connectivity index (χ1) is 22.6. The van der Waals surface area contributed by atoms with Crippen molar-refractivity contribution in [3.05, 3.63) is 125 Å². The maximum atomic E-state index is 14.6. The molecule has 0 saturated carbocycles. The van der Waals surface area contributed by atoms with Crippen molar-refractivity contribution in [3.63, 3.8) is 0 Å². The van der Waals surface area contributed by atoms with Crippen LogP contribution in [0.2, 0.25) is 5.02 Å². The third kappa shape index (κ3) is 9.59. The molecule has 248 valence electrons. The number of benzene rings is 4. The Balaban J connectivity index is 1.80. The zero-order valence-electron chi connectivity index (χ0n) is 27.1. The van der Waals surface area contributed by atoms with Gasteiger partial charge in [0.05, 0.1) is 17.2 Å². The maximum absolute atomic E-state index is 14.6. The zero-order valence-corrected chi connectivity index (χ0v) is 28.6. The molecule has 4 aromatic rings. The molecule has 0 unspecified atom stereocenters. The van der Waals surface area contributed by atoms with Crippen LogP contribution in [0.25, 0.3) is 0 Å². The molecular weight excluding hydrogens is 634 g/mol. The summed E-state index contributed by atoms with van der Waals surface area (Å²) < 4.78 is 35.1. The number of halogens is 1. The third-order valence-electron chi connectivity index (χ3n) is 7.72. The van der Waals surface area contributed by atoms with Crippen LogP contribution >= 0.6 is 11.6 Å². The summed E-state index contributed by atoms with van der Waals surface area (Å²) >= 11 is 6.57. The van der Waals surface area contributed by atoms with Crippen LogP contribution in [-0.2, 0) is 32.6 Å². The topological polar surface area (TPSA) is 96.0 Å². The molecule has 0 aliphatic carbocycles. The van der Waals surface area contributed by atoms with Crippen LogP contribution in [0.1, 0.15) is 43.4 Å². The fourth-order valence-corrected chi connectivity index (χ4v) is 6.72. The quantitative estimate of drug-likeness (QED) is 0.132. The van der Waals surface area contributed by atoms with E-state index in [1.165, 1.54) is 17.0 Å². The average Bonchev–Trinajstić information content (AvgIpc) is 3.07. The highest BCUT2D eigenvalue weighted by Gasteiger charge is 2.35. The van der Waals surface area contributed by atoms with Crippen LogP contribution in [0.5, 0.6) is 5.75 Å². The number of nitrogens with zero attached hydrogens (tertiary/aromatic N) is 2. The molecule has 4 aromatic carbocycles. The number of aryl methyl sites for hydroxylation is 1. The van der Waals surface area contributed by atoms with Gasteiger partial charge in [0.1, 0.15) is 18.3 Å². The summed E-state index contributed by atoms with van der Waals surface area (Å²) in [5, 5.41) is 3.43. The van der Waals surface area contributed by atoms with Crippen molar-refractivity contribution in [2.45, 2.75) is 57.5 Å². The number of rotatable bonds is 16. The first-order valence-corrected chi connectivity index (χ1v) is 17.6. The molecule has 8 nitrogen and oxygen atoms in total. The standard InChI is InChI=1S/C37H42ClN3O5S/c1-4-6-24-39-37(43)35(25-29-12-8-7-9-13-29)40(26-30-14-10-11-15-34(30)38)36(42)27-41(31-18-20-32(21-19-31)46-5-2)47(44,45)33-22-16-28(3)17-23-33/h7-23,35H,4-6,24-27H2,1-3H3,(H,39,43)/t35-/m0/s1. The predicted octanol–water partition coefficient (Wildman–Crippen LogP) is 6.80. The third-order valence-corrected chi connectivity index (χ3v) is 9.88. The highest BCUT2D eigenvalue weighted by Crippen LogP contribution is 2.28. The van der Waals surface area contributed by atoms with E-state index in [9.17, 15) is 18.0 Å². The molecule has 0 spiro atoms. The van der Waals surface area contributed by atoms with Crippen molar-refractivity contribution >= 4 is 39.1 Å². The Kier molecular flexibility index (Phi) is 12.8. The number of carbonyl (C=O) groups is 2. The SMILES string of the molecule is CCCCNC(=O)[C@H](Cc1ccccc1)N(Cc1ccccc1Cl)C(=O)CN(c1ccc(OCC)cc1)S(=O)(=O)c1ccc(C)cc1. The molecule has 0 bridgehead atoms. The van der Waals surface area contributed by atoms with E-state index in [0.717, 1.165) is 28.3 Å². The van der Waals surface area contributed by atoms with E-state index in [4.69, 9.17) is 16.3 Å². The van der Waals surface area contributed by atoms with Crippen LogP contribution < -0.4 is 14.4 Å². The van der Waals surface area contributed by atoms with Crippen LogP contribution in [-0.4, -0.2) is 50.9 Å². The lowest BCUT2D eigenvalue weighted by molar-refractivity contribution is -0.140. The second-order valence-corrected chi connectivity index (χ2v) is 13.5. The average molecular weight is 676 g/mol. The molecule has 0 heterocycles. The highest BCUT2D eigenvalue weighted by atomic mass is 35.5.